The maximum Gasteiger partial charge on any atom is 0.417 e. The van der Waals surface area contributed by atoms with Crippen molar-refractivity contribution in [3.05, 3.63) is 69.2 Å². The lowest BCUT2D eigenvalue weighted by atomic mass is 9.95. The molecule has 1 aliphatic heterocycles. The Bertz CT molecular complexity index is 916. The van der Waals surface area contributed by atoms with Crippen LogP contribution >= 0.6 is 23.2 Å². The van der Waals surface area contributed by atoms with Crippen molar-refractivity contribution < 1.29 is 22.8 Å². The predicted octanol–water partition coefficient (Wildman–Crippen LogP) is 4.44. The molecule has 2 amide bonds. The van der Waals surface area contributed by atoms with E-state index < -0.39 is 34.6 Å². The first kappa shape index (κ1) is 20.5. The molecule has 2 aromatic carbocycles. The number of primary amides is 1. The molecule has 1 aliphatic rings. The minimum Gasteiger partial charge on any atom is -0.369 e. The first-order chi connectivity index (χ1) is 13.1. The highest BCUT2D eigenvalue weighted by Crippen LogP contribution is 2.40. The third-order valence-electron chi connectivity index (χ3n) is 4.67. The second-order valence-corrected chi connectivity index (χ2v) is 7.38. The molecule has 9 heteroatoms. The third kappa shape index (κ3) is 4.10. The van der Waals surface area contributed by atoms with Crippen molar-refractivity contribution in [2.75, 3.05) is 6.54 Å². The van der Waals surface area contributed by atoms with Crippen LogP contribution in [0, 0.1) is 5.92 Å². The van der Waals surface area contributed by atoms with Crippen LogP contribution in [-0.2, 0) is 15.8 Å². The van der Waals surface area contributed by atoms with E-state index in [1.807, 2.05) is 0 Å². The molecule has 0 radical (unpaired) electrons. The standard InChI is InChI=1S/C19H15Cl2F3N2O2/c20-13-4-1-10(2-5-13)17(26-9-12(18(25)28)8-16(26)27)11-3-6-15(21)14(7-11)19(22,23)24/h1-7,12,17H,8-9H2,(H2,25,28)/t12?,17-/m0/s1. The summed E-state index contributed by atoms with van der Waals surface area (Å²) in [5.41, 5.74) is 5.10. The summed E-state index contributed by atoms with van der Waals surface area (Å²) in [5.74, 6) is -1.69. The molecule has 1 fully saturated rings. The molecule has 1 unspecified atom stereocenters. The van der Waals surface area contributed by atoms with Gasteiger partial charge in [0.2, 0.25) is 11.8 Å². The van der Waals surface area contributed by atoms with E-state index >= 15 is 0 Å². The Kier molecular flexibility index (Phi) is 5.59. The van der Waals surface area contributed by atoms with Gasteiger partial charge in [0.1, 0.15) is 0 Å². The van der Waals surface area contributed by atoms with Crippen LogP contribution in [0.1, 0.15) is 29.2 Å². The van der Waals surface area contributed by atoms with Crippen molar-refractivity contribution in [3.8, 4) is 0 Å². The average molecular weight is 431 g/mol. The minimum atomic E-state index is -4.65. The fourth-order valence-corrected chi connectivity index (χ4v) is 3.65. The lowest BCUT2D eigenvalue weighted by molar-refractivity contribution is -0.137. The molecule has 0 aromatic heterocycles. The molecule has 148 valence electrons. The van der Waals surface area contributed by atoms with Gasteiger partial charge in [-0.25, -0.2) is 0 Å². The van der Waals surface area contributed by atoms with E-state index in [-0.39, 0.29) is 24.4 Å². The maximum absolute atomic E-state index is 13.3. The number of likely N-dealkylation sites (tertiary alicyclic amines) is 1. The predicted molar refractivity (Wildman–Crippen MR) is 98.8 cm³/mol. The Morgan fingerprint density at radius 3 is 2.25 bits per heavy atom. The summed E-state index contributed by atoms with van der Waals surface area (Å²) in [5, 5.41) is 0.00575. The molecule has 0 saturated carbocycles. The summed E-state index contributed by atoms with van der Waals surface area (Å²) in [4.78, 5) is 25.4. The van der Waals surface area contributed by atoms with Gasteiger partial charge >= 0.3 is 6.18 Å². The number of rotatable bonds is 4. The molecule has 0 aliphatic carbocycles. The molecule has 0 spiro atoms. The van der Waals surface area contributed by atoms with Crippen molar-refractivity contribution in [2.45, 2.75) is 18.6 Å². The van der Waals surface area contributed by atoms with Crippen molar-refractivity contribution in [3.63, 3.8) is 0 Å². The highest BCUT2D eigenvalue weighted by Gasteiger charge is 2.40. The van der Waals surface area contributed by atoms with Crippen LogP contribution in [0.25, 0.3) is 0 Å². The fraction of sp³-hybridized carbons (Fsp3) is 0.263. The van der Waals surface area contributed by atoms with Crippen molar-refractivity contribution in [1.82, 2.24) is 4.90 Å². The van der Waals surface area contributed by atoms with E-state index in [1.165, 1.54) is 11.0 Å². The molecule has 1 heterocycles. The van der Waals surface area contributed by atoms with Gasteiger partial charge in [-0.05, 0) is 35.4 Å². The van der Waals surface area contributed by atoms with Gasteiger partial charge in [0.25, 0.3) is 0 Å². The molecule has 2 aromatic rings. The zero-order valence-electron chi connectivity index (χ0n) is 14.3. The van der Waals surface area contributed by atoms with Crippen molar-refractivity contribution in [2.24, 2.45) is 11.7 Å². The average Bonchev–Trinajstić information content (AvgIpc) is 2.99. The van der Waals surface area contributed by atoms with Gasteiger partial charge < -0.3 is 10.6 Å². The molecule has 1 saturated heterocycles. The Balaban J connectivity index is 2.11. The van der Waals surface area contributed by atoms with Crippen LogP contribution in [0.2, 0.25) is 10.0 Å². The summed E-state index contributed by atoms with van der Waals surface area (Å²) < 4.78 is 40.0. The van der Waals surface area contributed by atoms with Gasteiger partial charge in [0.05, 0.1) is 22.5 Å². The first-order valence-corrected chi connectivity index (χ1v) is 9.04. The van der Waals surface area contributed by atoms with Gasteiger partial charge in [-0.2, -0.15) is 13.2 Å². The van der Waals surface area contributed by atoms with E-state index in [2.05, 4.69) is 0 Å². The summed E-state index contributed by atoms with van der Waals surface area (Å²) >= 11 is 11.6. The molecule has 2 N–H and O–H groups in total. The summed E-state index contributed by atoms with van der Waals surface area (Å²) in [6.07, 6.45) is -4.73. The maximum atomic E-state index is 13.3. The Morgan fingerprint density at radius 1 is 1.11 bits per heavy atom. The first-order valence-electron chi connectivity index (χ1n) is 8.29. The quantitative estimate of drug-likeness (QED) is 0.779. The molecule has 2 atom stereocenters. The fourth-order valence-electron chi connectivity index (χ4n) is 3.30. The number of halogens is 5. The highest BCUT2D eigenvalue weighted by molar-refractivity contribution is 6.31. The van der Waals surface area contributed by atoms with Gasteiger partial charge in [-0.1, -0.05) is 41.4 Å². The van der Waals surface area contributed by atoms with Gasteiger partial charge in [-0.15, -0.1) is 0 Å². The highest BCUT2D eigenvalue weighted by atomic mass is 35.5. The summed E-state index contributed by atoms with van der Waals surface area (Å²) in [6, 6.07) is 9.07. The van der Waals surface area contributed by atoms with Gasteiger partial charge in [0, 0.05) is 18.0 Å². The minimum absolute atomic E-state index is 0.0193. The van der Waals surface area contributed by atoms with Crippen LogP contribution in [0.4, 0.5) is 13.2 Å². The molecule has 3 rings (SSSR count). The molecular formula is C19H15Cl2F3N2O2. The number of benzene rings is 2. The number of hydrogen-bond donors (Lipinski definition) is 1. The van der Waals surface area contributed by atoms with Crippen molar-refractivity contribution >= 4 is 35.0 Å². The lowest BCUT2D eigenvalue weighted by Gasteiger charge is -2.30. The smallest absolute Gasteiger partial charge is 0.369 e. The van der Waals surface area contributed by atoms with Crippen LogP contribution < -0.4 is 5.73 Å². The number of nitrogens with two attached hydrogens (primary N) is 1. The lowest BCUT2D eigenvalue weighted by Crippen LogP contribution is -2.33. The van der Waals surface area contributed by atoms with Crippen molar-refractivity contribution in [1.29, 1.82) is 0 Å². The van der Waals surface area contributed by atoms with E-state index in [9.17, 15) is 22.8 Å². The van der Waals surface area contributed by atoms with E-state index in [1.54, 1.807) is 24.3 Å². The van der Waals surface area contributed by atoms with Crippen LogP contribution in [0.3, 0.4) is 0 Å². The molecule has 0 bridgehead atoms. The Morgan fingerprint density at radius 2 is 1.71 bits per heavy atom. The van der Waals surface area contributed by atoms with E-state index in [4.69, 9.17) is 28.9 Å². The van der Waals surface area contributed by atoms with Gasteiger partial charge in [0.15, 0.2) is 0 Å². The normalized spacial score (nSPS) is 18.4. The molecule has 4 nitrogen and oxygen atoms in total. The topological polar surface area (TPSA) is 63.4 Å². The van der Waals surface area contributed by atoms with E-state index in [0.717, 1.165) is 12.1 Å². The molecular weight excluding hydrogens is 416 g/mol. The van der Waals surface area contributed by atoms with E-state index in [0.29, 0.717) is 10.6 Å². The third-order valence-corrected chi connectivity index (χ3v) is 5.25. The number of carbonyl (C=O) groups is 2. The number of nitrogens with zero attached hydrogens (tertiary/aromatic N) is 1. The SMILES string of the molecule is NC(=O)C1CC(=O)N([C@@H](c2ccc(Cl)cc2)c2ccc(Cl)c(C(F)(F)F)c2)C1. The summed E-state index contributed by atoms with van der Waals surface area (Å²) in [6.45, 7) is 0.0193. The van der Waals surface area contributed by atoms with Gasteiger partial charge in [-0.3, -0.25) is 9.59 Å². The Hall–Kier alpha value is -2.25. The monoisotopic (exact) mass is 430 g/mol. The number of carbonyl (C=O) groups excluding carboxylic acids is 2. The second kappa shape index (κ2) is 7.64. The zero-order chi connectivity index (χ0) is 20.6. The number of hydrogen-bond acceptors (Lipinski definition) is 2. The largest absolute Gasteiger partial charge is 0.417 e. The van der Waals surface area contributed by atoms with Crippen LogP contribution in [0.15, 0.2) is 42.5 Å². The molecule has 28 heavy (non-hydrogen) atoms. The zero-order valence-corrected chi connectivity index (χ0v) is 15.9. The summed E-state index contributed by atoms with van der Waals surface area (Å²) in [7, 11) is 0. The Labute approximate surface area is 169 Å². The second-order valence-electron chi connectivity index (χ2n) is 6.54. The van der Waals surface area contributed by atoms with Crippen LogP contribution in [-0.4, -0.2) is 23.3 Å². The number of amides is 2. The number of alkyl halides is 3. The van der Waals surface area contributed by atoms with Crippen LogP contribution in [0.5, 0.6) is 0 Å².